The third-order valence-electron chi connectivity index (χ3n) is 2.49. The zero-order valence-corrected chi connectivity index (χ0v) is 11.3. The summed E-state index contributed by atoms with van der Waals surface area (Å²) >= 11 is 5.53. The maximum Gasteiger partial charge on any atom is 0.273 e. The average molecular weight is 287 g/mol. The summed E-state index contributed by atoms with van der Waals surface area (Å²) in [5.74, 6) is 0.418. The number of amides is 1. The highest BCUT2D eigenvalue weighted by atomic mass is 35.5. The molecule has 0 saturated carbocycles. The number of methoxy groups -OCH3 is 1. The molecule has 0 aliphatic carbocycles. The van der Waals surface area contributed by atoms with Gasteiger partial charge in [0.2, 0.25) is 0 Å². The van der Waals surface area contributed by atoms with Gasteiger partial charge in [0, 0.05) is 18.5 Å². The number of rotatable bonds is 7. The van der Waals surface area contributed by atoms with Crippen molar-refractivity contribution in [1.82, 2.24) is 5.32 Å². The Hall–Kier alpha value is -1.82. The lowest BCUT2D eigenvalue weighted by Gasteiger charge is -2.08. The molecule has 6 nitrogen and oxygen atoms in total. The number of nitro benzene ring substituents is 1. The van der Waals surface area contributed by atoms with E-state index in [0.29, 0.717) is 12.4 Å². The van der Waals surface area contributed by atoms with Gasteiger partial charge in [0.15, 0.2) is 0 Å². The van der Waals surface area contributed by atoms with Gasteiger partial charge in [0.05, 0.1) is 23.7 Å². The number of alkyl halides is 1. The Morgan fingerprint density at radius 1 is 1.47 bits per heavy atom. The number of hydrogen-bond acceptors (Lipinski definition) is 4. The fourth-order valence-electron chi connectivity index (χ4n) is 1.50. The van der Waals surface area contributed by atoms with Gasteiger partial charge in [-0.15, -0.1) is 11.6 Å². The van der Waals surface area contributed by atoms with Gasteiger partial charge in [-0.3, -0.25) is 14.9 Å². The Bertz CT molecular complexity index is 465. The van der Waals surface area contributed by atoms with Crippen molar-refractivity contribution in [3.8, 4) is 5.75 Å². The molecule has 0 saturated heterocycles. The number of halogens is 1. The normalized spacial score (nSPS) is 10.0. The highest BCUT2D eigenvalue weighted by Gasteiger charge is 2.16. The zero-order valence-electron chi connectivity index (χ0n) is 10.5. The van der Waals surface area contributed by atoms with Crippen molar-refractivity contribution >= 4 is 23.2 Å². The Kier molecular flexibility index (Phi) is 6.08. The number of nitrogens with one attached hydrogen (secondary N) is 1. The summed E-state index contributed by atoms with van der Waals surface area (Å²) < 4.78 is 5.00. The number of benzene rings is 1. The standard InChI is InChI=1S/C12H15ClN2O4/c1-19-11-8-9(15(17)18)4-5-10(11)12(16)14-7-3-2-6-13/h4-5,8H,2-3,6-7H2,1H3,(H,14,16). The monoisotopic (exact) mass is 286 g/mol. The molecule has 0 aliphatic heterocycles. The van der Waals surface area contributed by atoms with E-state index in [2.05, 4.69) is 5.32 Å². The molecule has 1 rings (SSSR count). The van der Waals surface area contributed by atoms with Crippen molar-refractivity contribution in [2.75, 3.05) is 19.5 Å². The number of hydrogen-bond donors (Lipinski definition) is 1. The largest absolute Gasteiger partial charge is 0.496 e. The summed E-state index contributed by atoms with van der Waals surface area (Å²) in [5.41, 5.74) is 0.162. The number of carbonyl (C=O) groups excluding carboxylic acids is 1. The second-order valence-corrected chi connectivity index (χ2v) is 4.17. The molecule has 0 radical (unpaired) electrons. The molecule has 0 unspecified atom stereocenters. The maximum absolute atomic E-state index is 11.9. The Balaban J connectivity index is 2.76. The maximum atomic E-state index is 11.9. The lowest BCUT2D eigenvalue weighted by Crippen LogP contribution is -2.25. The molecule has 0 aromatic heterocycles. The van der Waals surface area contributed by atoms with Crippen LogP contribution < -0.4 is 10.1 Å². The summed E-state index contributed by atoms with van der Waals surface area (Å²) in [4.78, 5) is 22.0. The minimum atomic E-state index is -0.537. The Labute approximate surface area is 115 Å². The lowest BCUT2D eigenvalue weighted by molar-refractivity contribution is -0.384. The van der Waals surface area contributed by atoms with Crippen LogP contribution in [0.2, 0.25) is 0 Å². The SMILES string of the molecule is COc1cc([N+](=O)[O-])ccc1C(=O)NCCCCCl. The van der Waals surface area contributed by atoms with Gasteiger partial charge in [-0.1, -0.05) is 0 Å². The van der Waals surface area contributed by atoms with Crippen LogP contribution in [0.4, 0.5) is 5.69 Å². The number of non-ortho nitro benzene ring substituents is 1. The second kappa shape index (κ2) is 7.58. The highest BCUT2D eigenvalue weighted by Crippen LogP contribution is 2.24. The summed E-state index contributed by atoms with van der Waals surface area (Å²) in [5, 5.41) is 13.3. The first kappa shape index (κ1) is 15.2. The molecular formula is C12H15ClN2O4. The fraction of sp³-hybridized carbons (Fsp3) is 0.417. The average Bonchev–Trinajstić information content (AvgIpc) is 2.42. The quantitative estimate of drug-likeness (QED) is 0.361. The van der Waals surface area contributed by atoms with E-state index in [0.717, 1.165) is 12.8 Å². The third kappa shape index (κ3) is 4.40. The van der Waals surface area contributed by atoms with E-state index in [1.54, 1.807) is 0 Å². The lowest BCUT2D eigenvalue weighted by atomic mass is 10.1. The molecule has 1 aromatic carbocycles. The molecule has 19 heavy (non-hydrogen) atoms. The van der Waals surface area contributed by atoms with Crippen molar-refractivity contribution in [2.24, 2.45) is 0 Å². The molecule has 1 N–H and O–H groups in total. The van der Waals surface area contributed by atoms with Crippen LogP contribution in [0.3, 0.4) is 0 Å². The van der Waals surface area contributed by atoms with Crippen molar-refractivity contribution in [1.29, 1.82) is 0 Å². The van der Waals surface area contributed by atoms with E-state index >= 15 is 0 Å². The van der Waals surface area contributed by atoms with Gasteiger partial charge < -0.3 is 10.1 Å². The molecule has 0 heterocycles. The number of carbonyl (C=O) groups is 1. The van der Waals surface area contributed by atoms with Crippen molar-refractivity contribution in [3.63, 3.8) is 0 Å². The molecule has 1 aromatic rings. The van der Waals surface area contributed by atoms with E-state index in [1.807, 2.05) is 0 Å². The van der Waals surface area contributed by atoms with Gasteiger partial charge in [0.1, 0.15) is 5.75 Å². The molecule has 0 aliphatic rings. The van der Waals surface area contributed by atoms with Crippen molar-refractivity contribution in [2.45, 2.75) is 12.8 Å². The first-order valence-electron chi connectivity index (χ1n) is 5.76. The molecule has 0 atom stereocenters. The van der Waals surface area contributed by atoms with Gasteiger partial charge in [-0.05, 0) is 18.9 Å². The third-order valence-corrected chi connectivity index (χ3v) is 2.75. The molecular weight excluding hydrogens is 272 g/mol. The van der Waals surface area contributed by atoms with Crippen molar-refractivity contribution < 1.29 is 14.5 Å². The second-order valence-electron chi connectivity index (χ2n) is 3.79. The van der Waals surface area contributed by atoms with E-state index in [-0.39, 0.29) is 22.9 Å². The smallest absolute Gasteiger partial charge is 0.273 e. The number of ether oxygens (including phenoxy) is 1. The molecule has 0 fully saturated rings. The van der Waals surface area contributed by atoms with Crippen LogP contribution >= 0.6 is 11.6 Å². The van der Waals surface area contributed by atoms with Gasteiger partial charge in [-0.25, -0.2) is 0 Å². The minimum absolute atomic E-state index is 0.115. The summed E-state index contributed by atoms with van der Waals surface area (Å²) in [6, 6.07) is 3.89. The van der Waals surface area contributed by atoms with E-state index in [9.17, 15) is 14.9 Å². The molecule has 0 bridgehead atoms. The fourth-order valence-corrected chi connectivity index (χ4v) is 1.69. The molecule has 104 valence electrons. The number of nitro groups is 1. The zero-order chi connectivity index (χ0) is 14.3. The van der Waals surface area contributed by atoms with Gasteiger partial charge in [-0.2, -0.15) is 0 Å². The van der Waals surface area contributed by atoms with Crippen LogP contribution in [0.1, 0.15) is 23.2 Å². The minimum Gasteiger partial charge on any atom is -0.496 e. The van der Waals surface area contributed by atoms with E-state index < -0.39 is 4.92 Å². The predicted molar refractivity (Wildman–Crippen MR) is 71.9 cm³/mol. The number of nitrogens with zero attached hydrogens (tertiary/aromatic N) is 1. The van der Waals surface area contributed by atoms with Gasteiger partial charge >= 0.3 is 0 Å². The van der Waals surface area contributed by atoms with Crippen LogP contribution in [-0.4, -0.2) is 30.4 Å². The highest BCUT2D eigenvalue weighted by molar-refractivity contribution is 6.17. The first-order valence-corrected chi connectivity index (χ1v) is 6.30. The van der Waals surface area contributed by atoms with Gasteiger partial charge in [0.25, 0.3) is 11.6 Å². The summed E-state index contributed by atoms with van der Waals surface area (Å²) in [6.45, 7) is 0.506. The van der Waals surface area contributed by atoms with Crippen LogP contribution in [0.5, 0.6) is 5.75 Å². The van der Waals surface area contributed by atoms with Crippen LogP contribution in [0.25, 0.3) is 0 Å². The predicted octanol–water partition coefficient (Wildman–Crippen LogP) is 2.35. The topological polar surface area (TPSA) is 81.5 Å². The molecule has 0 spiro atoms. The molecule has 1 amide bonds. The summed E-state index contributed by atoms with van der Waals surface area (Å²) in [7, 11) is 1.36. The van der Waals surface area contributed by atoms with Crippen LogP contribution in [-0.2, 0) is 0 Å². The van der Waals surface area contributed by atoms with Crippen molar-refractivity contribution in [3.05, 3.63) is 33.9 Å². The number of unbranched alkanes of at least 4 members (excludes halogenated alkanes) is 1. The van der Waals surface area contributed by atoms with E-state index in [1.165, 1.54) is 25.3 Å². The van der Waals surface area contributed by atoms with Crippen LogP contribution in [0.15, 0.2) is 18.2 Å². The summed E-state index contributed by atoms with van der Waals surface area (Å²) in [6.07, 6.45) is 1.60. The van der Waals surface area contributed by atoms with Crippen LogP contribution in [0, 0.1) is 10.1 Å². The molecule has 7 heteroatoms. The Morgan fingerprint density at radius 2 is 2.21 bits per heavy atom. The first-order chi connectivity index (χ1) is 9.10. The Morgan fingerprint density at radius 3 is 2.79 bits per heavy atom. The van der Waals surface area contributed by atoms with E-state index in [4.69, 9.17) is 16.3 Å².